The molecule has 1 aromatic heterocycles. The van der Waals surface area contributed by atoms with Gasteiger partial charge in [-0.2, -0.15) is 0 Å². The fourth-order valence-corrected chi connectivity index (χ4v) is 6.38. The molecule has 2 fully saturated rings. The molecule has 2 amide bonds. The van der Waals surface area contributed by atoms with E-state index in [-0.39, 0.29) is 37.2 Å². The van der Waals surface area contributed by atoms with E-state index in [4.69, 9.17) is 9.47 Å². The zero-order valence-corrected chi connectivity index (χ0v) is 19.7. The first kappa shape index (κ1) is 20.8. The van der Waals surface area contributed by atoms with Crippen LogP contribution in [-0.2, 0) is 16.0 Å². The number of H-pyrrole nitrogens is 1. The number of nitrogens with zero attached hydrogens (tertiary/aromatic N) is 3. The number of hydrogen-bond acceptors (Lipinski definition) is 5. The van der Waals surface area contributed by atoms with E-state index in [9.17, 15) is 9.59 Å². The van der Waals surface area contributed by atoms with E-state index >= 15 is 0 Å². The van der Waals surface area contributed by atoms with Gasteiger partial charge in [-0.3, -0.25) is 9.59 Å². The first-order valence-corrected chi connectivity index (χ1v) is 12.5. The number of piperazine rings is 1. The smallest absolute Gasteiger partial charge is 0.246 e. The maximum atomic E-state index is 14.0. The number of para-hydroxylation sites is 1. The molecule has 3 atom stereocenters. The van der Waals surface area contributed by atoms with Crippen molar-refractivity contribution >= 4 is 22.7 Å². The number of benzene rings is 2. The minimum absolute atomic E-state index is 0.00322. The van der Waals surface area contributed by atoms with Crippen LogP contribution in [0.25, 0.3) is 10.9 Å². The summed E-state index contributed by atoms with van der Waals surface area (Å²) in [5.41, 5.74) is 4.04. The summed E-state index contributed by atoms with van der Waals surface area (Å²) in [5, 5.41) is 1.11. The molecular weight excluding hydrogens is 444 g/mol. The molecule has 0 radical (unpaired) electrons. The predicted octanol–water partition coefficient (Wildman–Crippen LogP) is 2.68. The lowest BCUT2D eigenvalue weighted by Gasteiger charge is -2.48. The van der Waals surface area contributed by atoms with Crippen molar-refractivity contribution in [1.29, 1.82) is 0 Å². The Balaban J connectivity index is 1.34. The van der Waals surface area contributed by atoms with Crippen LogP contribution in [0.3, 0.4) is 0 Å². The summed E-state index contributed by atoms with van der Waals surface area (Å²) in [4.78, 5) is 37.4. The standard InChI is InChI=1S/C27H28N4O4/c1-2-29-10-9-17(13-29)30-14-24(32)31-21(27(30)33)12-19-18-5-3-4-6-20(18)28-25(19)26(31)16-7-8-22-23(11-16)35-15-34-22/h3-8,11,17,21,26,28H,2,9-10,12-15H2,1H3/t17-,21-,26-/m1/s1. The van der Waals surface area contributed by atoms with Gasteiger partial charge in [0.25, 0.3) is 0 Å². The molecule has 35 heavy (non-hydrogen) atoms. The highest BCUT2D eigenvalue weighted by Gasteiger charge is 2.50. The number of rotatable bonds is 3. The van der Waals surface area contributed by atoms with E-state index in [1.54, 1.807) is 0 Å². The molecular formula is C27H28N4O4. The molecule has 0 saturated carbocycles. The normalized spacial score (nSPS) is 25.9. The van der Waals surface area contributed by atoms with Crippen LogP contribution in [0.15, 0.2) is 42.5 Å². The van der Waals surface area contributed by atoms with Gasteiger partial charge in [-0.25, -0.2) is 0 Å². The van der Waals surface area contributed by atoms with Gasteiger partial charge in [-0.05, 0) is 42.3 Å². The van der Waals surface area contributed by atoms with E-state index in [1.807, 2.05) is 40.1 Å². The molecule has 0 spiro atoms. The molecule has 0 bridgehead atoms. The van der Waals surface area contributed by atoms with Crippen molar-refractivity contribution in [2.45, 2.75) is 37.9 Å². The molecule has 3 aromatic rings. The number of aromatic amines is 1. The summed E-state index contributed by atoms with van der Waals surface area (Å²) >= 11 is 0. The van der Waals surface area contributed by atoms with Crippen LogP contribution in [0.1, 0.15) is 36.2 Å². The Morgan fingerprint density at radius 3 is 2.80 bits per heavy atom. The minimum atomic E-state index is -0.519. The Morgan fingerprint density at radius 1 is 1.09 bits per heavy atom. The Morgan fingerprint density at radius 2 is 1.94 bits per heavy atom. The molecule has 4 aliphatic heterocycles. The van der Waals surface area contributed by atoms with Crippen molar-refractivity contribution in [3.05, 3.63) is 59.3 Å². The van der Waals surface area contributed by atoms with Crippen molar-refractivity contribution in [1.82, 2.24) is 19.7 Å². The molecule has 4 aliphatic rings. The molecule has 0 unspecified atom stereocenters. The Bertz CT molecular complexity index is 1350. The topological polar surface area (TPSA) is 78.1 Å². The SMILES string of the molecule is CCN1CC[C@@H](N2CC(=O)N3[C@H](c4ccc5c(c4)OCO5)c4[nH]c5ccccc5c4C[C@@H]3C2=O)C1. The van der Waals surface area contributed by atoms with Gasteiger partial charge in [0.15, 0.2) is 11.5 Å². The monoisotopic (exact) mass is 472 g/mol. The Kier molecular flexibility index (Phi) is 4.61. The number of likely N-dealkylation sites (N-methyl/N-ethyl adjacent to an activating group) is 1. The highest BCUT2D eigenvalue weighted by Crippen LogP contribution is 2.45. The van der Waals surface area contributed by atoms with Crippen LogP contribution in [0.4, 0.5) is 0 Å². The lowest BCUT2D eigenvalue weighted by Crippen LogP contribution is -2.65. The van der Waals surface area contributed by atoms with Gasteiger partial charge in [0, 0.05) is 42.1 Å². The van der Waals surface area contributed by atoms with Gasteiger partial charge in [0.05, 0.1) is 6.04 Å². The third-order valence-electron chi connectivity index (χ3n) is 8.14. The van der Waals surface area contributed by atoms with Gasteiger partial charge in [0.1, 0.15) is 12.6 Å². The zero-order chi connectivity index (χ0) is 23.7. The molecule has 2 aromatic carbocycles. The molecule has 8 nitrogen and oxygen atoms in total. The second-order valence-corrected chi connectivity index (χ2v) is 9.90. The number of fused-ring (bicyclic) bond motifs is 5. The van der Waals surface area contributed by atoms with Gasteiger partial charge in [-0.15, -0.1) is 0 Å². The summed E-state index contributed by atoms with van der Waals surface area (Å²) in [7, 11) is 0. The predicted molar refractivity (Wildman–Crippen MR) is 129 cm³/mol. The molecule has 7 rings (SSSR count). The van der Waals surface area contributed by atoms with E-state index in [2.05, 4.69) is 28.9 Å². The lowest BCUT2D eigenvalue weighted by atomic mass is 9.85. The highest BCUT2D eigenvalue weighted by atomic mass is 16.7. The van der Waals surface area contributed by atoms with Crippen molar-refractivity contribution in [3.63, 3.8) is 0 Å². The summed E-state index contributed by atoms with van der Waals surface area (Å²) < 4.78 is 11.2. The van der Waals surface area contributed by atoms with Crippen LogP contribution >= 0.6 is 0 Å². The summed E-state index contributed by atoms with van der Waals surface area (Å²) in [5.74, 6) is 1.43. The number of carbonyl (C=O) groups excluding carboxylic acids is 2. The van der Waals surface area contributed by atoms with Crippen LogP contribution in [-0.4, -0.2) is 76.6 Å². The number of hydrogen-bond donors (Lipinski definition) is 1. The zero-order valence-electron chi connectivity index (χ0n) is 19.7. The van der Waals surface area contributed by atoms with Gasteiger partial charge < -0.3 is 29.2 Å². The maximum absolute atomic E-state index is 14.0. The molecule has 1 N–H and O–H groups in total. The van der Waals surface area contributed by atoms with Gasteiger partial charge >= 0.3 is 0 Å². The number of likely N-dealkylation sites (tertiary alicyclic amines) is 1. The van der Waals surface area contributed by atoms with Crippen molar-refractivity contribution < 1.29 is 19.1 Å². The van der Waals surface area contributed by atoms with Crippen LogP contribution in [0.5, 0.6) is 11.5 Å². The fourth-order valence-electron chi connectivity index (χ4n) is 6.38. The second kappa shape index (κ2) is 7.75. The average molecular weight is 473 g/mol. The molecule has 5 heterocycles. The largest absolute Gasteiger partial charge is 0.454 e. The van der Waals surface area contributed by atoms with Gasteiger partial charge in [0.2, 0.25) is 18.6 Å². The Hall–Kier alpha value is -3.52. The number of nitrogens with one attached hydrogen (secondary N) is 1. The fraction of sp³-hybridized carbons (Fsp3) is 0.407. The third-order valence-corrected chi connectivity index (χ3v) is 8.14. The van der Waals surface area contributed by atoms with Crippen LogP contribution < -0.4 is 9.47 Å². The summed E-state index contributed by atoms with van der Waals surface area (Å²) in [6.07, 6.45) is 1.44. The lowest BCUT2D eigenvalue weighted by molar-refractivity contribution is -0.160. The first-order valence-electron chi connectivity index (χ1n) is 12.5. The summed E-state index contributed by atoms with van der Waals surface area (Å²) in [6, 6.07) is 13.2. The van der Waals surface area contributed by atoms with Gasteiger partial charge in [-0.1, -0.05) is 31.2 Å². The van der Waals surface area contributed by atoms with Crippen molar-refractivity contribution in [2.24, 2.45) is 0 Å². The molecule has 0 aliphatic carbocycles. The van der Waals surface area contributed by atoms with E-state index < -0.39 is 6.04 Å². The number of ether oxygens (including phenoxy) is 2. The number of carbonyl (C=O) groups is 2. The summed E-state index contributed by atoms with van der Waals surface area (Å²) in [6.45, 7) is 5.24. The quantitative estimate of drug-likeness (QED) is 0.634. The van der Waals surface area contributed by atoms with Crippen molar-refractivity contribution in [3.8, 4) is 11.5 Å². The molecule has 8 heteroatoms. The average Bonchev–Trinajstić information content (AvgIpc) is 3.62. The van der Waals surface area contributed by atoms with E-state index in [0.717, 1.165) is 53.8 Å². The first-order chi connectivity index (χ1) is 17.1. The number of aromatic nitrogens is 1. The maximum Gasteiger partial charge on any atom is 0.246 e. The molecule has 180 valence electrons. The third kappa shape index (κ3) is 3.09. The highest BCUT2D eigenvalue weighted by molar-refractivity contribution is 5.98. The van der Waals surface area contributed by atoms with Crippen LogP contribution in [0.2, 0.25) is 0 Å². The van der Waals surface area contributed by atoms with E-state index in [1.165, 1.54) is 0 Å². The number of amides is 2. The minimum Gasteiger partial charge on any atom is -0.454 e. The van der Waals surface area contributed by atoms with Crippen molar-refractivity contribution in [2.75, 3.05) is 33.0 Å². The Labute approximate surface area is 203 Å². The second-order valence-electron chi connectivity index (χ2n) is 9.90. The molecule has 2 saturated heterocycles. The van der Waals surface area contributed by atoms with Crippen LogP contribution in [0, 0.1) is 0 Å². The van der Waals surface area contributed by atoms with E-state index in [0.29, 0.717) is 17.9 Å².